The first-order valence-electron chi connectivity index (χ1n) is 6.69. The van der Waals surface area contributed by atoms with Gasteiger partial charge < -0.3 is 5.73 Å². The summed E-state index contributed by atoms with van der Waals surface area (Å²) in [7, 11) is 0. The molecule has 1 saturated carbocycles. The van der Waals surface area contributed by atoms with Crippen molar-refractivity contribution in [3.05, 3.63) is 22.4 Å². The van der Waals surface area contributed by atoms with Crippen molar-refractivity contribution in [3.8, 4) is 0 Å². The molecule has 1 aliphatic rings. The lowest BCUT2D eigenvalue weighted by molar-refractivity contribution is 0.102. The van der Waals surface area contributed by atoms with Crippen molar-refractivity contribution in [3.63, 3.8) is 0 Å². The van der Waals surface area contributed by atoms with Crippen LogP contribution in [0.15, 0.2) is 16.8 Å². The van der Waals surface area contributed by atoms with Crippen LogP contribution in [0.2, 0.25) is 0 Å². The first-order chi connectivity index (χ1) is 7.89. The molecular formula is C15H25NS. The molecule has 2 rings (SSSR count). The molecule has 0 aromatic carbocycles. The van der Waals surface area contributed by atoms with Gasteiger partial charge >= 0.3 is 0 Å². The summed E-state index contributed by atoms with van der Waals surface area (Å²) < 4.78 is 0. The predicted octanol–water partition coefficient (Wildman–Crippen LogP) is 4.22. The van der Waals surface area contributed by atoms with E-state index in [-0.39, 0.29) is 5.54 Å². The largest absolute Gasteiger partial charge is 0.325 e. The topological polar surface area (TPSA) is 26.0 Å². The van der Waals surface area contributed by atoms with Crippen LogP contribution >= 0.6 is 11.3 Å². The van der Waals surface area contributed by atoms with Gasteiger partial charge in [-0.2, -0.15) is 11.3 Å². The van der Waals surface area contributed by atoms with Crippen LogP contribution in [0.1, 0.15) is 52.0 Å². The number of aryl methyl sites for hydroxylation is 1. The number of hydrogen-bond donors (Lipinski definition) is 1. The minimum absolute atomic E-state index is 0.0586. The number of nitrogens with two attached hydrogens (primary N) is 1. The van der Waals surface area contributed by atoms with E-state index in [2.05, 4.69) is 37.6 Å². The van der Waals surface area contributed by atoms with Gasteiger partial charge in [-0.05, 0) is 65.8 Å². The highest BCUT2D eigenvalue weighted by atomic mass is 32.1. The molecule has 0 amide bonds. The smallest absolute Gasteiger partial charge is 0.0165 e. The molecule has 0 bridgehead atoms. The Morgan fingerprint density at radius 2 is 2.18 bits per heavy atom. The van der Waals surface area contributed by atoms with E-state index in [1.54, 1.807) is 11.3 Å². The Bertz CT molecular complexity index is 355. The molecule has 0 radical (unpaired) electrons. The Balaban J connectivity index is 1.98. The maximum Gasteiger partial charge on any atom is 0.0165 e. The van der Waals surface area contributed by atoms with Gasteiger partial charge in [-0.3, -0.25) is 0 Å². The van der Waals surface area contributed by atoms with Crippen LogP contribution in [-0.2, 0) is 6.42 Å². The van der Waals surface area contributed by atoms with Crippen LogP contribution in [0.3, 0.4) is 0 Å². The Labute approximate surface area is 109 Å². The summed E-state index contributed by atoms with van der Waals surface area (Å²) in [6, 6.07) is 2.23. The van der Waals surface area contributed by atoms with Crippen molar-refractivity contribution < 1.29 is 0 Å². The second kappa shape index (κ2) is 4.74. The number of hydrogen-bond acceptors (Lipinski definition) is 2. The molecule has 1 aromatic rings. The minimum Gasteiger partial charge on any atom is -0.325 e. The van der Waals surface area contributed by atoms with Crippen molar-refractivity contribution in [2.24, 2.45) is 17.1 Å². The number of rotatable bonds is 3. The third-order valence-corrected chi connectivity index (χ3v) is 4.71. The van der Waals surface area contributed by atoms with Crippen LogP contribution in [0, 0.1) is 11.3 Å². The van der Waals surface area contributed by atoms with Crippen LogP contribution < -0.4 is 5.73 Å². The summed E-state index contributed by atoms with van der Waals surface area (Å²) in [6.07, 6.45) is 5.97. The lowest BCUT2D eigenvalue weighted by atomic mass is 9.63. The zero-order chi connectivity index (χ0) is 12.5. The van der Waals surface area contributed by atoms with E-state index in [9.17, 15) is 0 Å². The number of thiophene rings is 1. The Morgan fingerprint density at radius 1 is 1.41 bits per heavy atom. The summed E-state index contributed by atoms with van der Waals surface area (Å²) in [6.45, 7) is 7.09. The van der Waals surface area contributed by atoms with E-state index >= 15 is 0 Å². The molecule has 2 unspecified atom stereocenters. The molecule has 96 valence electrons. The van der Waals surface area contributed by atoms with Crippen molar-refractivity contribution in [2.75, 3.05) is 0 Å². The van der Waals surface area contributed by atoms with Crippen LogP contribution in [0.4, 0.5) is 0 Å². The van der Waals surface area contributed by atoms with Gasteiger partial charge in [0.2, 0.25) is 0 Å². The van der Waals surface area contributed by atoms with Crippen molar-refractivity contribution >= 4 is 11.3 Å². The fourth-order valence-electron chi connectivity index (χ4n) is 3.83. The predicted molar refractivity (Wildman–Crippen MR) is 76.4 cm³/mol. The molecule has 0 spiro atoms. The monoisotopic (exact) mass is 251 g/mol. The highest BCUT2D eigenvalue weighted by Gasteiger charge is 2.39. The van der Waals surface area contributed by atoms with Gasteiger partial charge in [0.15, 0.2) is 0 Å². The maximum atomic E-state index is 6.65. The highest BCUT2D eigenvalue weighted by molar-refractivity contribution is 7.07. The van der Waals surface area contributed by atoms with E-state index in [1.165, 1.54) is 24.8 Å². The summed E-state index contributed by atoms with van der Waals surface area (Å²) in [4.78, 5) is 0. The first kappa shape index (κ1) is 13.1. The zero-order valence-corrected chi connectivity index (χ0v) is 12.1. The van der Waals surface area contributed by atoms with E-state index in [1.807, 2.05) is 0 Å². The lowest BCUT2D eigenvalue weighted by Crippen LogP contribution is -2.49. The summed E-state index contributed by atoms with van der Waals surface area (Å²) in [5.74, 6) is 0.770. The van der Waals surface area contributed by atoms with E-state index in [0.29, 0.717) is 5.41 Å². The average molecular weight is 251 g/mol. The summed E-state index contributed by atoms with van der Waals surface area (Å²) >= 11 is 1.78. The standard InChI is InChI=1S/C15H25NS/c1-12-8-14(2,3)11-15(16,9-12)6-4-13-5-7-17-10-13/h5,7,10,12H,4,6,8-9,11,16H2,1-3H3. The lowest BCUT2D eigenvalue weighted by Gasteiger charge is -2.46. The second-order valence-electron chi connectivity index (χ2n) is 6.85. The molecular weight excluding hydrogens is 226 g/mol. The minimum atomic E-state index is 0.0586. The van der Waals surface area contributed by atoms with Crippen LogP contribution in [-0.4, -0.2) is 5.54 Å². The van der Waals surface area contributed by atoms with Gasteiger partial charge in [0, 0.05) is 5.54 Å². The van der Waals surface area contributed by atoms with E-state index < -0.39 is 0 Å². The third-order valence-electron chi connectivity index (χ3n) is 3.98. The normalized spacial score (nSPS) is 32.6. The second-order valence-corrected chi connectivity index (χ2v) is 7.63. The van der Waals surface area contributed by atoms with Crippen LogP contribution in [0.25, 0.3) is 0 Å². The zero-order valence-electron chi connectivity index (χ0n) is 11.3. The quantitative estimate of drug-likeness (QED) is 0.855. The van der Waals surface area contributed by atoms with Gasteiger partial charge in [-0.25, -0.2) is 0 Å². The highest BCUT2D eigenvalue weighted by Crippen LogP contribution is 2.44. The SMILES string of the molecule is CC1CC(C)(C)CC(N)(CCc2ccsc2)C1. The molecule has 2 atom stereocenters. The third kappa shape index (κ3) is 3.56. The van der Waals surface area contributed by atoms with E-state index in [4.69, 9.17) is 5.73 Å². The molecule has 2 heteroatoms. The maximum absolute atomic E-state index is 6.65. The van der Waals surface area contributed by atoms with Crippen molar-refractivity contribution in [1.82, 2.24) is 0 Å². The molecule has 1 nitrogen and oxygen atoms in total. The van der Waals surface area contributed by atoms with Gasteiger partial charge in [0.25, 0.3) is 0 Å². The molecule has 2 N–H and O–H groups in total. The van der Waals surface area contributed by atoms with Gasteiger partial charge in [-0.15, -0.1) is 0 Å². The van der Waals surface area contributed by atoms with E-state index in [0.717, 1.165) is 18.8 Å². The van der Waals surface area contributed by atoms with Crippen molar-refractivity contribution in [1.29, 1.82) is 0 Å². The summed E-state index contributed by atoms with van der Waals surface area (Å²) in [5.41, 5.74) is 8.58. The molecule has 17 heavy (non-hydrogen) atoms. The van der Waals surface area contributed by atoms with Gasteiger partial charge in [0.05, 0.1) is 0 Å². The summed E-state index contributed by atoms with van der Waals surface area (Å²) in [5, 5.41) is 4.41. The Morgan fingerprint density at radius 3 is 2.76 bits per heavy atom. The molecule has 0 saturated heterocycles. The molecule has 0 aliphatic heterocycles. The Kier molecular flexibility index (Phi) is 3.65. The average Bonchev–Trinajstić information content (AvgIpc) is 2.62. The fourth-order valence-corrected chi connectivity index (χ4v) is 4.53. The van der Waals surface area contributed by atoms with Crippen molar-refractivity contribution in [2.45, 2.75) is 58.4 Å². The van der Waals surface area contributed by atoms with Gasteiger partial charge in [0.1, 0.15) is 0 Å². The molecule has 1 aliphatic carbocycles. The Hall–Kier alpha value is -0.340. The van der Waals surface area contributed by atoms with Gasteiger partial charge in [-0.1, -0.05) is 20.8 Å². The molecule has 1 fully saturated rings. The fraction of sp³-hybridized carbons (Fsp3) is 0.733. The molecule has 1 heterocycles. The molecule has 1 aromatic heterocycles. The van der Waals surface area contributed by atoms with Crippen LogP contribution in [0.5, 0.6) is 0 Å². The first-order valence-corrected chi connectivity index (χ1v) is 7.63.